The SMILES string of the molecule is Cc1ccc(NC(=O)[C@H]2CCC[C@H]3CN4CCc5c([nH]c6ccccc56)[C@@H]4C[C@@H]32)cc1. The molecule has 0 spiro atoms. The lowest BCUT2D eigenvalue weighted by atomic mass is 9.65. The van der Waals surface area contributed by atoms with Gasteiger partial charge in [0.25, 0.3) is 0 Å². The summed E-state index contributed by atoms with van der Waals surface area (Å²) in [5.41, 5.74) is 6.31. The highest BCUT2D eigenvalue weighted by Crippen LogP contribution is 2.49. The fourth-order valence-corrected chi connectivity index (χ4v) is 6.55. The van der Waals surface area contributed by atoms with Crippen molar-refractivity contribution in [3.05, 3.63) is 65.4 Å². The Hall–Kier alpha value is -2.59. The van der Waals surface area contributed by atoms with E-state index in [0.29, 0.717) is 17.9 Å². The average Bonchev–Trinajstić information content (AvgIpc) is 3.18. The van der Waals surface area contributed by atoms with Gasteiger partial charge in [0.1, 0.15) is 0 Å². The van der Waals surface area contributed by atoms with Crippen LogP contribution >= 0.6 is 0 Å². The van der Waals surface area contributed by atoms with E-state index in [0.717, 1.165) is 38.0 Å². The number of piperidine rings is 1. The number of nitrogens with one attached hydrogen (secondary N) is 2. The maximum atomic E-state index is 13.3. The molecule has 160 valence electrons. The smallest absolute Gasteiger partial charge is 0.227 e. The lowest BCUT2D eigenvalue weighted by Gasteiger charge is -2.50. The number of fused-ring (bicyclic) bond motifs is 6. The predicted molar refractivity (Wildman–Crippen MR) is 125 cm³/mol. The van der Waals surface area contributed by atoms with Crippen LogP contribution in [0.1, 0.15) is 48.5 Å². The monoisotopic (exact) mass is 413 g/mol. The third kappa shape index (κ3) is 3.28. The van der Waals surface area contributed by atoms with Gasteiger partial charge in [-0.2, -0.15) is 0 Å². The molecule has 1 aliphatic carbocycles. The summed E-state index contributed by atoms with van der Waals surface area (Å²) in [5, 5.41) is 4.61. The van der Waals surface area contributed by atoms with E-state index in [9.17, 15) is 4.79 Å². The first-order valence-corrected chi connectivity index (χ1v) is 11.9. The summed E-state index contributed by atoms with van der Waals surface area (Å²) in [6.07, 6.45) is 5.68. The molecule has 1 amide bonds. The van der Waals surface area contributed by atoms with Gasteiger partial charge in [-0.3, -0.25) is 9.69 Å². The van der Waals surface area contributed by atoms with Crippen LogP contribution < -0.4 is 5.32 Å². The van der Waals surface area contributed by atoms with Crippen LogP contribution in [0.25, 0.3) is 10.9 Å². The minimum atomic E-state index is 0.122. The fourth-order valence-electron chi connectivity index (χ4n) is 6.55. The molecule has 4 nitrogen and oxygen atoms in total. The fraction of sp³-hybridized carbons (Fsp3) is 0.444. The van der Waals surface area contributed by atoms with Gasteiger partial charge in [-0.25, -0.2) is 0 Å². The van der Waals surface area contributed by atoms with E-state index in [4.69, 9.17) is 0 Å². The molecule has 3 heterocycles. The number of hydrogen-bond donors (Lipinski definition) is 2. The number of amides is 1. The highest BCUT2D eigenvalue weighted by Gasteiger charge is 2.46. The lowest BCUT2D eigenvalue weighted by Crippen LogP contribution is -2.50. The Morgan fingerprint density at radius 1 is 1.10 bits per heavy atom. The number of nitrogens with zero attached hydrogens (tertiary/aromatic N) is 1. The summed E-state index contributed by atoms with van der Waals surface area (Å²) in [7, 11) is 0. The Labute approximate surface area is 184 Å². The van der Waals surface area contributed by atoms with Gasteiger partial charge < -0.3 is 10.3 Å². The molecule has 2 aromatic carbocycles. The van der Waals surface area contributed by atoms with E-state index in [1.54, 1.807) is 0 Å². The lowest BCUT2D eigenvalue weighted by molar-refractivity contribution is -0.125. The van der Waals surface area contributed by atoms with Crippen LogP contribution in [0.15, 0.2) is 48.5 Å². The van der Waals surface area contributed by atoms with Crippen molar-refractivity contribution in [3.8, 4) is 0 Å². The Bertz CT molecular complexity index is 1120. The van der Waals surface area contributed by atoms with Crippen molar-refractivity contribution in [3.63, 3.8) is 0 Å². The number of aryl methyl sites for hydroxylation is 1. The molecule has 1 aromatic heterocycles. The molecular weight excluding hydrogens is 382 g/mol. The predicted octanol–water partition coefficient (Wildman–Crippen LogP) is 5.45. The summed E-state index contributed by atoms with van der Waals surface area (Å²) in [6, 6.07) is 17.3. The van der Waals surface area contributed by atoms with Crippen LogP contribution in [0.3, 0.4) is 0 Å². The molecule has 6 rings (SSSR count). The molecule has 2 fully saturated rings. The molecular formula is C27H31N3O. The second-order valence-electron chi connectivity index (χ2n) is 9.88. The summed E-state index contributed by atoms with van der Waals surface area (Å²) in [5.74, 6) is 1.46. The van der Waals surface area contributed by atoms with Crippen molar-refractivity contribution in [2.75, 3.05) is 18.4 Å². The van der Waals surface area contributed by atoms with Gasteiger partial charge >= 0.3 is 0 Å². The van der Waals surface area contributed by atoms with Crippen LogP contribution in [0.5, 0.6) is 0 Å². The molecule has 1 saturated carbocycles. The minimum absolute atomic E-state index is 0.122. The number of benzene rings is 2. The molecule has 3 aromatic rings. The third-order valence-electron chi connectivity index (χ3n) is 8.10. The Balaban J connectivity index is 1.27. The van der Waals surface area contributed by atoms with Crippen LogP contribution in [-0.2, 0) is 11.2 Å². The van der Waals surface area contributed by atoms with E-state index < -0.39 is 0 Å². The molecule has 4 atom stereocenters. The average molecular weight is 414 g/mol. The number of aromatic nitrogens is 1. The maximum Gasteiger partial charge on any atom is 0.227 e. The number of rotatable bonds is 2. The van der Waals surface area contributed by atoms with Crippen molar-refractivity contribution in [2.45, 2.75) is 45.1 Å². The molecule has 1 saturated heterocycles. The summed E-state index contributed by atoms with van der Waals surface area (Å²) in [6.45, 7) is 4.36. The van der Waals surface area contributed by atoms with Gasteiger partial charge in [-0.15, -0.1) is 0 Å². The number of hydrogen-bond acceptors (Lipinski definition) is 2. The van der Waals surface area contributed by atoms with Gasteiger partial charge in [0.2, 0.25) is 5.91 Å². The first-order chi connectivity index (χ1) is 15.2. The molecule has 4 heteroatoms. The van der Waals surface area contributed by atoms with E-state index in [1.165, 1.54) is 40.6 Å². The number of carbonyl (C=O) groups is 1. The largest absolute Gasteiger partial charge is 0.357 e. The Kier molecular flexibility index (Phi) is 4.64. The van der Waals surface area contributed by atoms with Crippen LogP contribution in [0.2, 0.25) is 0 Å². The molecule has 0 radical (unpaired) electrons. The highest BCUT2D eigenvalue weighted by atomic mass is 16.1. The van der Waals surface area contributed by atoms with Gasteiger partial charge in [-0.1, -0.05) is 42.3 Å². The topological polar surface area (TPSA) is 48.1 Å². The van der Waals surface area contributed by atoms with Crippen LogP contribution in [0, 0.1) is 24.7 Å². The second-order valence-corrected chi connectivity index (χ2v) is 9.88. The summed E-state index contributed by atoms with van der Waals surface area (Å²) >= 11 is 0. The van der Waals surface area contributed by atoms with Gasteiger partial charge in [0.15, 0.2) is 0 Å². The number of H-pyrrole nitrogens is 1. The van der Waals surface area contributed by atoms with Crippen molar-refractivity contribution in [2.24, 2.45) is 17.8 Å². The van der Waals surface area contributed by atoms with Gasteiger partial charge in [0, 0.05) is 41.3 Å². The zero-order chi connectivity index (χ0) is 20.9. The van der Waals surface area contributed by atoms with E-state index >= 15 is 0 Å². The molecule has 2 aliphatic heterocycles. The van der Waals surface area contributed by atoms with Crippen molar-refractivity contribution >= 4 is 22.5 Å². The van der Waals surface area contributed by atoms with Gasteiger partial charge in [0.05, 0.1) is 6.04 Å². The second kappa shape index (κ2) is 7.52. The summed E-state index contributed by atoms with van der Waals surface area (Å²) < 4.78 is 0. The Morgan fingerprint density at radius 2 is 1.94 bits per heavy atom. The summed E-state index contributed by atoms with van der Waals surface area (Å²) in [4.78, 5) is 19.8. The molecule has 0 unspecified atom stereocenters. The molecule has 2 N–H and O–H groups in total. The number of carbonyl (C=O) groups excluding carboxylic acids is 1. The highest BCUT2D eigenvalue weighted by molar-refractivity contribution is 5.93. The van der Waals surface area contributed by atoms with E-state index in [2.05, 4.69) is 58.5 Å². The normalized spacial score (nSPS) is 27.9. The minimum Gasteiger partial charge on any atom is -0.357 e. The number of aromatic amines is 1. The molecule has 31 heavy (non-hydrogen) atoms. The number of para-hydroxylation sites is 1. The zero-order valence-electron chi connectivity index (χ0n) is 18.2. The maximum absolute atomic E-state index is 13.3. The first-order valence-electron chi connectivity index (χ1n) is 11.9. The Morgan fingerprint density at radius 3 is 2.81 bits per heavy atom. The molecule has 0 bridgehead atoms. The number of anilines is 1. The van der Waals surface area contributed by atoms with Crippen molar-refractivity contribution in [1.29, 1.82) is 0 Å². The van der Waals surface area contributed by atoms with Gasteiger partial charge in [-0.05, 0) is 68.2 Å². The molecule has 3 aliphatic rings. The van der Waals surface area contributed by atoms with Crippen LogP contribution in [0.4, 0.5) is 5.69 Å². The van der Waals surface area contributed by atoms with E-state index in [1.807, 2.05) is 12.1 Å². The van der Waals surface area contributed by atoms with Crippen LogP contribution in [-0.4, -0.2) is 28.9 Å². The van der Waals surface area contributed by atoms with Crippen molar-refractivity contribution in [1.82, 2.24) is 9.88 Å². The first kappa shape index (κ1) is 19.1. The third-order valence-corrected chi connectivity index (χ3v) is 8.10. The standard InChI is InChI=1S/C27H31N3O/c1-17-9-11-19(12-10-17)28-27(31)22-7-4-5-18-16-30-14-13-21-20-6-2-3-8-24(20)29-26(21)25(30)15-23(18)22/h2-3,6,8-12,18,22-23,25,29H,4-5,7,13-16H2,1H3,(H,28,31)/t18-,22-,23-,25-/m0/s1. The quantitative estimate of drug-likeness (QED) is 0.587. The van der Waals surface area contributed by atoms with Crippen molar-refractivity contribution < 1.29 is 4.79 Å². The van der Waals surface area contributed by atoms with E-state index in [-0.39, 0.29) is 11.8 Å². The zero-order valence-corrected chi connectivity index (χ0v) is 18.2.